The molecule has 1 saturated heterocycles. The minimum absolute atomic E-state index is 0.656. The highest BCUT2D eigenvalue weighted by Gasteiger charge is 2.22. The second-order valence-corrected chi connectivity index (χ2v) is 7.11. The molecule has 1 saturated carbocycles. The van der Waals surface area contributed by atoms with E-state index in [0.717, 1.165) is 24.8 Å². The lowest BCUT2D eigenvalue weighted by molar-refractivity contribution is 0.675. The van der Waals surface area contributed by atoms with Crippen LogP contribution in [0.15, 0.2) is 12.1 Å². The summed E-state index contributed by atoms with van der Waals surface area (Å²) in [5.74, 6) is 3.69. The lowest BCUT2D eigenvalue weighted by Crippen LogP contribution is -2.32. The van der Waals surface area contributed by atoms with Crippen LogP contribution in [0.2, 0.25) is 0 Å². The number of aromatic nitrogens is 1. The monoisotopic (exact) mass is 291 g/mol. The molecular weight excluding hydrogens is 266 g/mol. The molecule has 0 spiro atoms. The number of thioether (sulfide) groups is 1. The van der Waals surface area contributed by atoms with Crippen LogP contribution >= 0.6 is 11.8 Å². The molecule has 2 aliphatic rings. The van der Waals surface area contributed by atoms with Gasteiger partial charge in [-0.3, -0.25) is 0 Å². The van der Waals surface area contributed by atoms with Crippen LogP contribution in [0.3, 0.4) is 0 Å². The van der Waals surface area contributed by atoms with Gasteiger partial charge in [0, 0.05) is 37.1 Å². The molecule has 0 aromatic carbocycles. The van der Waals surface area contributed by atoms with E-state index in [1.807, 2.05) is 0 Å². The van der Waals surface area contributed by atoms with E-state index in [-0.39, 0.29) is 0 Å². The maximum atomic E-state index is 4.83. The predicted molar refractivity (Wildman–Crippen MR) is 87.6 cm³/mol. The van der Waals surface area contributed by atoms with Crippen LogP contribution in [0, 0.1) is 0 Å². The van der Waals surface area contributed by atoms with Crippen LogP contribution in [0.1, 0.15) is 37.4 Å². The number of anilines is 1. The minimum Gasteiger partial charge on any atom is -0.356 e. The van der Waals surface area contributed by atoms with Gasteiger partial charge in [-0.05, 0) is 49.1 Å². The van der Waals surface area contributed by atoms with Crippen molar-refractivity contribution in [1.82, 2.24) is 10.3 Å². The number of hydrogen-bond donors (Lipinski definition) is 1. The zero-order valence-corrected chi connectivity index (χ0v) is 13.4. The third-order valence-electron chi connectivity index (χ3n) is 4.27. The van der Waals surface area contributed by atoms with Gasteiger partial charge in [-0.25, -0.2) is 4.98 Å². The van der Waals surface area contributed by atoms with Crippen LogP contribution in [0.4, 0.5) is 5.82 Å². The normalized spacial score (nSPS) is 22.2. The second-order valence-electron chi connectivity index (χ2n) is 5.96. The number of hydrogen-bond acceptors (Lipinski definition) is 4. The van der Waals surface area contributed by atoms with Gasteiger partial charge in [0.2, 0.25) is 0 Å². The topological polar surface area (TPSA) is 28.2 Å². The van der Waals surface area contributed by atoms with Gasteiger partial charge < -0.3 is 10.2 Å². The first-order valence-corrected chi connectivity index (χ1v) is 8.95. The fourth-order valence-electron chi connectivity index (χ4n) is 2.66. The van der Waals surface area contributed by atoms with E-state index in [0.29, 0.717) is 6.04 Å². The fourth-order valence-corrected chi connectivity index (χ4v) is 3.93. The molecule has 110 valence electrons. The Balaban J connectivity index is 1.74. The molecule has 1 aliphatic heterocycles. The molecular formula is C16H25N3S. The molecule has 3 nitrogen and oxygen atoms in total. The van der Waals surface area contributed by atoms with E-state index < -0.39 is 0 Å². The first-order valence-electron chi connectivity index (χ1n) is 7.80. The van der Waals surface area contributed by atoms with Crippen molar-refractivity contribution in [3.8, 4) is 0 Å². The summed E-state index contributed by atoms with van der Waals surface area (Å²) in [4.78, 5) is 7.22. The quantitative estimate of drug-likeness (QED) is 0.872. The summed E-state index contributed by atoms with van der Waals surface area (Å²) < 4.78 is 0. The van der Waals surface area contributed by atoms with Gasteiger partial charge in [-0.2, -0.15) is 11.8 Å². The van der Waals surface area contributed by atoms with Crippen molar-refractivity contribution in [2.75, 3.05) is 23.5 Å². The zero-order valence-electron chi connectivity index (χ0n) is 12.6. The molecule has 1 unspecified atom stereocenters. The number of pyridine rings is 1. The molecule has 1 aliphatic carbocycles. The lowest BCUT2D eigenvalue weighted by atomic mass is 10.1. The Bertz CT molecular complexity index is 453. The van der Waals surface area contributed by atoms with Gasteiger partial charge in [0.05, 0.1) is 0 Å². The summed E-state index contributed by atoms with van der Waals surface area (Å²) >= 11 is 2.06. The van der Waals surface area contributed by atoms with Crippen LogP contribution in [0.5, 0.6) is 0 Å². The summed E-state index contributed by atoms with van der Waals surface area (Å²) in [7, 11) is 2.20. The third-order valence-corrected chi connectivity index (χ3v) is 5.42. The van der Waals surface area contributed by atoms with Crippen molar-refractivity contribution in [3.05, 3.63) is 23.4 Å². The Morgan fingerprint density at radius 3 is 2.85 bits per heavy atom. The molecule has 2 heterocycles. The highest BCUT2D eigenvalue weighted by atomic mass is 32.2. The van der Waals surface area contributed by atoms with E-state index in [9.17, 15) is 0 Å². The van der Waals surface area contributed by atoms with Gasteiger partial charge in [0.15, 0.2) is 0 Å². The van der Waals surface area contributed by atoms with Crippen LogP contribution < -0.4 is 10.2 Å². The maximum Gasteiger partial charge on any atom is 0.129 e. The number of nitrogens with zero attached hydrogens (tertiary/aromatic N) is 2. The summed E-state index contributed by atoms with van der Waals surface area (Å²) in [6, 6.07) is 5.96. The van der Waals surface area contributed by atoms with E-state index in [2.05, 4.69) is 48.1 Å². The van der Waals surface area contributed by atoms with Gasteiger partial charge in [0.25, 0.3) is 0 Å². The summed E-state index contributed by atoms with van der Waals surface area (Å²) in [5.41, 5.74) is 2.60. The Kier molecular flexibility index (Phi) is 4.51. The second kappa shape index (κ2) is 6.35. The molecule has 1 aromatic rings. The molecule has 0 radical (unpaired) electrons. The summed E-state index contributed by atoms with van der Waals surface area (Å²) in [6.07, 6.45) is 4.99. The third kappa shape index (κ3) is 3.47. The van der Waals surface area contributed by atoms with E-state index in [4.69, 9.17) is 4.98 Å². The average Bonchev–Trinajstić information content (AvgIpc) is 3.15. The minimum atomic E-state index is 0.656. The molecule has 1 N–H and O–H groups in total. The van der Waals surface area contributed by atoms with Gasteiger partial charge in [-0.1, -0.05) is 6.92 Å². The van der Waals surface area contributed by atoms with Crippen molar-refractivity contribution < 1.29 is 0 Å². The maximum absolute atomic E-state index is 4.83. The van der Waals surface area contributed by atoms with Crippen LogP contribution in [-0.2, 0) is 13.0 Å². The largest absolute Gasteiger partial charge is 0.356 e. The van der Waals surface area contributed by atoms with Crippen molar-refractivity contribution >= 4 is 17.6 Å². The fraction of sp³-hybridized carbons (Fsp3) is 0.688. The van der Waals surface area contributed by atoms with Gasteiger partial charge >= 0.3 is 0 Å². The first-order chi connectivity index (χ1) is 9.76. The first kappa shape index (κ1) is 14.2. The molecule has 3 rings (SSSR count). The molecule has 20 heavy (non-hydrogen) atoms. The van der Waals surface area contributed by atoms with Crippen LogP contribution in [-0.4, -0.2) is 35.6 Å². The van der Waals surface area contributed by atoms with Crippen molar-refractivity contribution in [3.63, 3.8) is 0 Å². The van der Waals surface area contributed by atoms with Crippen molar-refractivity contribution in [2.24, 2.45) is 0 Å². The zero-order chi connectivity index (χ0) is 13.9. The van der Waals surface area contributed by atoms with E-state index in [1.165, 1.54) is 42.0 Å². The van der Waals surface area contributed by atoms with Gasteiger partial charge in [0.1, 0.15) is 5.82 Å². The number of nitrogens with one attached hydrogen (secondary N) is 1. The van der Waals surface area contributed by atoms with E-state index in [1.54, 1.807) is 0 Å². The van der Waals surface area contributed by atoms with Crippen LogP contribution in [0.25, 0.3) is 0 Å². The summed E-state index contributed by atoms with van der Waals surface area (Å²) in [6.45, 7) is 3.18. The summed E-state index contributed by atoms with van der Waals surface area (Å²) in [5, 5.41) is 3.61. The number of aryl methyl sites for hydroxylation is 1. The molecule has 1 aromatic heterocycles. The molecule has 0 bridgehead atoms. The molecule has 1 atom stereocenters. The SMILES string of the molecule is CCc1cc(CNC2CC2)cc(N(C)C2CCSC2)n1. The highest BCUT2D eigenvalue weighted by molar-refractivity contribution is 7.99. The van der Waals surface area contributed by atoms with Crippen molar-refractivity contribution in [2.45, 2.75) is 51.2 Å². The number of rotatable bonds is 6. The molecule has 0 amide bonds. The Morgan fingerprint density at radius 2 is 2.20 bits per heavy atom. The Labute approximate surface area is 126 Å². The Hall–Kier alpha value is -0.740. The standard InChI is InChI=1S/C16H25N3S/c1-3-13-8-12(10-17-14-4-5-14)9-16(18-13)19(2)15-6-7-20-11-15/h8-9,14-15,17H,3-7,10-11H2,1-2H3. The lowest BCUT2D eigenvalue weighted by Gasteiger charge is -2.26. The van der Waals surface area contributed by atoms with Crippen molar-refractivity contribution in [1.29, 1.82) is 0 Å². The predicted octanol–water partition coefficient (Wildman–Crippen LogP) is 2.84. The smallest absolute Gasteiger partial charge is 0.129 e. The Morgan fingerprint density at radius 1 is 1.35 bits per heavy atom. The molecule has 4 heteroatoms. The molecule has 2 fully saturated rings. The highest BCUT2D eigenvalue weighted by Crippen LogP contribution is 2.26. The van der Waals surface area contributed by atoms with Gasteiger partial charge in [-0.15, -0.1) is 0 Å². The van der Waals surface area contributed by atoms with E-state index >= 15 is 0 Å². The average molecular weight is 291 g/mol.